The van der Waals surface area contributed by atoms with Crippen molar-refractivity contribution in [2.75, 3.05) is 0 Å². The van der Waals surface area contributed by atoms with Crippen LogP contribution in [0.1, 0.15) is 0 Å². The molecule has 0 aliphatic rings. The fourth-order valence-corrected chi connectivity index (χ4v) is 8.47. The summed E-state index contributed by atoms with van der Waals surface area (Å²) < 4.78 is 9.03. The van der Waals surface area contributed by atoms with Crippen LogP contribution in [0.15, 0.2) is 192 Å². The largest absolute Gasteiger partial charge is 0.454 e. The molecule has 0 saturated heterocycles. The molecule has 6 heteroatoms. The van der Waals surface area contributed by atoms with Crippen molar-refractivity contribution in [1.29, 1.82) is 0 Å². The van der Waals surface area contributed by atoms with Gasteiger partial charge in [0.2, 0.25) is 0 Å². The zero-order valence-electron chi connectivity index (χ0n) is 31.0. The van der Waals surface area contributed by atoms with Gasteiger partial charge in [-0.25, -0.2) is 19.9 Å². The second kappa shape index (κ2) is 12.8. The number of benzene rings is 8. The van der Waals surface area contributed by atoms with Gasteiger partial charge < -0.3 is 8.98 Å². The minimum atomic E-state index is 0.583. The summed E-state index contributed by atoms with van der Waals surface area (Å²) in [6.45, 7) is 0. The molecule has 0 bridgehead atoms. The molecule has 0 spiro atoms. The number of nitrogens with zero attached hydrogens (tertiary/aromatic N) is 5. The molecule has 270 valence electrons. The van der Waals surface area contributed by atoms with Crippen molar-refractivity contribution >= 4 is 65.4 Å². The quantitative estimate of drug-likeness (QED) is 0.176. The van der Waals surface area contributed by atoms with Crippen LogP contribution in [0.2, 0.25) is 0 Å². The molecular weight excluding hydrogens is 711 g/mol. The van der Waals surface area contributed by atoms with Crippen LogP contribution in [0.4, 0.5) is 0 Å². The Bertz CT molecular complexity index is 3510. The molecule has 0 fully saturated rings. The van der Waals surface area contributed by atoms with Gasteiger partial charge in [-0.15, -0.1) is 0 Å². The highest BCUT2D eigenvalue weighted by molar-refractivity contribution is 6.21. The fraction of sp³-hybridized carbons (Fsp3) is 0. The minimum absolute atomic E-state index is 0.583. The Morgan fingerprint density at radius 3 is 1.69 bits per heavy atom. The Hall–Kier alpha value is -7.96. The van der Waals surface area contributed by atoms with E-state index < -0.39 is 0 Å². The number of pyridine rings is 1. The first kappa shape index (κ1) is 32.3. The summed E-state index contributed by atoms with van der Waals surface area (Å²) in [5.41, 5.74) is 10.3. The van der Waals surface area contributed by atoms with Gasteiger partial charge in [-0.2, -0.15) is 0 Å². The fourth-order valence-electron chi connectivity index (χ4n) is 8.47. The van der Waals surface area contributed by atoms with E-state index in [-0.39, 0.29) is 0 Å². The van der Waals surface area contributed by atoms with E-state index >= 15 is 0 Å². The molecular formula is C52H31N5O. The number of hydrogen-bond acceptors (Lipinski definition) is 5. The van der Waals surface area contributed by atoms with Gasteiger partial charge in [-0.05, 0) is 77.5 Å². The van der Waals surface area contributed by atoms with Crippen LogP contribution in [0.25, 0.3) is 117 Å². The number of hydrogen-bond donors (Lipinski definition) is 0. The molecule has 0 aliphatic heterocycles. The van der Waals surface area contributed by atoms with Gasteiger partial charge in [0.15, 0.2) is 23.1 Å². The average molecular weight is 742 g/mol. The van der Waals surface area contributed by atoms with Gasteiger partial charge in [-0.3, -0.25) is 0 Å². The molecule has 8 aromatic carbocycles. The third-order valence-electron chi connectivity index (χ3n) is 11.2. The predicted octanol–water partition coefficient (Wildman–Crippen LogP) is 13.2. The number of aromatic nitrogens is 5. The predicted molar refractivity (Wildman–Crippen MR) is 236 cm³/mol. The van der Waals surface area contributed by atoms with E-state index in [1.165, 1.54) is 27.2 Å². The maximum absolute atomic E-state index is 6.71. The Labute approximate surface area is 332 Å². The van der Waals surface area contributed by atoms with E-state index in [9.17, 15) is 0 Å². The van der Waals surface area contributed by atoms with Crippen molar-refractivity contribution in [3.05, 3.63) is 188 Å². The molecule has 12 rings (SSSR count). The SMILES string of the molecule is c1ccc(-c2nc(-c3ccc(-n4c5ccccc5c5ccccc54)cc3)nc(-c3ccc4oc5c(-c6ccc7ccccc7c6)nc6ccccc6c5c4c3)n2)cc1. The molecule has 4 aromatic heterocycles. The van der Waals surface area contributed by atoms with E-state index in [0.29, 0.717) is 17.5 Å². The molecule has 0 atom stereocenters. The number of fused-ring (bicyclic) bond motifs is 9. The molecule has 12 aromatic rings. The molecule has 0 radical (unpaired) electrons. The van der Waals surface area contributed by atoms with Crippen LogP contribution in [0.5, 0.6) is 0 Å². The monoisotopic (exact) mass is 741 g/mol. The Balaban J connectivity index is 1.02. The molecule has 0 saturated carbocycles. The standard InChI is InChI=1S/C52H31N5O/c1-2-13-33(14-3-1)50-54-51(34-24-27-38(28-25-34)57-44-20-10-7-16-39(44)40-17-8-11-21-45(40)57)56-52(55-50)37-26-29-46-42(31-37)47-41-18-6-9-19-43(41)53-48(49(47)58-46)36-23-22-32-12-4-5-15-35(32)30-36/h1-31H. The Morgan fingerprint density at radius 2 is 0.948 bits per heavy atom. The van der Waals surface area contributed by atoms with Gasteiger partial charge in [0, 0.05) is 54.9 Å². The summed E-state index contributed by atoms with van der Waals surface area (Å²) in [7, 11) is 0. The van der Waals surface area contributed by atoms with Crippen molar-refractivity contribution in [3.8, 4) is 51.1 Å². The van der Waals surface area contributed by atoms with E-state index in [2.05, 4.69) is 144 Å². The summed E-state index contributed by atoms with van der Waals surface area (Å²) >= 11 is 0. The van der Waals surface area contributed by atoms with E-state index in [0.717, 1.165) is 71.9 Å². The van der Waals surface area contributed by atoms with Crippen molar-refractivity contribution < 1.29 is 4.42 Å². The first-order valence-electron chi connectivity index (χ1n) is 19.4. The zero-order chi connectivity index (χ0) is 38.2. The average Bonchev–Trinajstić information content (AvgIpc) is 3.85. The molecule has 6 nitrogen and oxygen atoms in total. The van der Waals surface area contributed by atoms with Crippen LogP contribution in [0.3, 0.4) is 0 Å². The van der Waals surface area contributed by atoms with Crippen molar-refractivity contribution in [2.45, 2.75) is 0 Å². The topological polar surface area (TPSA) is 69.6 Å². The summed E-state index contributed by atoms with van der Waals surface area (Å²) in [4.78, 5) is 20.4. The molecule has 0 amide bonds. The van der Waals surface area contributed by atoms with Crippen LogP contribution in [-0.4, -0.2) is 24.5 Å². The van der Waals surface area contributed by atoms with Gasteiger partial charge in [0.05, 0.1) is 16.6 Å². The molecule has 0 unspecified atom stereocenters. The lowest BCUT2D eigenvalue weighted by molar-refractivity contribution is 0.669. The molecule has 4 heterocycles. The maximum Gasteiger partial charge on any atom is 0.164 e. The van der Waals surface area contributed by atoms with Crippen LogP contribution in [0, 0.1) is 0 Å². The Kier molecular flexibility index (Phi) is 7.13. The number of para-hydroxylation sites is 3. The maximum atomic E-state index is 6.71. The van der Waals surface area contributed by atoms with Gasteiger partial charge in [0.25, 0.3) is 0 Å². The summed E-state index contributed by atoms with van der Waals surface area (Å²) in [5.74, 6) is 1.79. The second-order valence-corrected chi connectivity index (χ2v) is 14.6. The smallest absolute Gasteiger partial charge is 0.164 e. The van der Waals surface area contributed by atoms with Gasteiger partial charge >= 0.3 is 0 Å². The van der Waals surface area contributed by atoms with E-state index in [1.54, 1.807) is 0 Å². The van der Waals surface area contributed by atoms with Crippen molar-refractivity contribution in [1.82, 2.24) is 24.5 Å². The normalized spacial score (nSPS) is 11.8. The number of rotatable bonds is 5. The number of furan rings is 1. The molecule has 0 aliphatic carbocycles. The first-order chi connectivity index (χ1) is 28.7. The van der Waals surface area contributed by atoms with Gasteiger partial charge in [-0.1, -0.05) is 121 Å². The van der Waals surface area contributed by atoms with Gasteiger partial charge in [0.1, 0.15) is 11.3 Å². The van der Waals surface area contributed by atoms with Crippen LogP contribution in [-0.2, 0) is 0 Å². The van der Waals surface area contributed by atoms with Crippen molar-refractivity contribution in [3.63, 3.8) is 0 Å². The summed E-state index contributed by atoms with van der Waals surface area (Å²) in [5, 5.41) is 7.82. The van der Waals surface area contributed by atoms with Crippen LogP contribution >= 0.6 is 0 Å². The molecule has 0 N–H and O–H groups in total. The third kappa shape index (κ3) is 5.12. The third-order valence-corrected chi connectivity index (χ3v) is 11.2. The summed E-state index contributed by atoms with van der Waals surface area (Å²) in [6.07, 6.45) is 0. The lowest BCUT2D eigenvalue weighted by atomic mass is 10.0. The molecule has 58 heavy (non-hydrogen) atoms. The Morgan fingerprint density at radius 1 is 0.379 bits per heavy atom. The lowest BCUT2D eigenvalue weighted by Crippen LogP contribution is -2.00. The zero-order valence-corrected chi connectivity index (χ0v) is 31.0. The van der Waals surface area contributed by atoms with E-state index in [4.69, 9.17) is 24.4 Å². The van der Waals surface area contributed by atoms with Crippen LogP contribution < -0.4 is 0 Å². The highest BCUT2D eigenvalue weighted by atomic mass is 16.3. The lowest BCUT2D eigenvalue weighted by Gasteiger charge is -2.11. The van der Waals surface area contributed by atoms with E-state index in [1.807, 2.05) is 48.5 Å². The highest BCUT2D eigenvalue weighted by Crippen LogP contribution is 2.41. The highest BCUT2D eigenvalue weighted by Gasteiger charge is 2.20. The first-order valence-corrected chi connectivity index (χ1v) is 19.4. The van der Waals surface area contributed by atoms with Crippen molar-refractivity contribution in [2.24, 2.45) is 0 Å². The minimum Gasteiger partial charge on any atom is -0.454 e. The summed E-state index contributed by atoms with van der Waals surface area (Å²) in [6, 6.07) is 65.1. The second-order valence-electron chi connectivity index (χ2n) is 14.6.